The lowest BCUT2D eigenvalue weighted by Crippen LogP contribution is -2.29. The number of rotatable bonds is 6. The number of halogens is 2. The van der Waals surface area contributed by atoms with E-state index in [0.29, 0.717) is 52.4 Å². The molecule has 0 bridgehead atoms. The molecule has 1 amide bonds. The second-order valence-corrected chi connectivity index (χ2v) is 9.23. The lowest BCUT2D eigenvalue weighted by Gasteiger charge is -2.14. The van der Waals surface area contributed by atoms with Gasteiger partial charge in [0.05, 0.1) is 24.9 Å². The number of amides is 1. The number of ether oxygens (including phenoxy) is 3. The van der Waals surface area contributed by atoms with E-state index in [1.807, 2.05) is 0 Å². The van der Waals surface area contributed by atoms with Crippen molar-refractivity contribution in [3.05, 3.63) is 106 Å². The number of anilines is 2. The number of nitrogens with two attached hydrogens (primary N) is 1. The van der Waals surface area contributed by atoms with E-state index < -0.39 is 23.1 Å². The second kappa shape index (κ2) is 10.3. The van der Waals surface area contributed by atoms with Gasteiger partial charge in [0, 0.05) is 53.3 Å². The number of methoxy groups -OCH3 is 1. The summed E-state index contributed by atoms with van der Waals surface area (Å²) in [5.41, 5.74) is 7.17. The number of nitrogen functional groups attached to an aromatic ring is 1. The molecule has 0 saturated heterocycles. The van der Waals surface area contributed by atoms with Gasteiger partial charge < -0.3 is 25.3 Å². The molecule has 5 aromatic rings. The van der Waals surface area contributed by atoms with Crippen LogP contribution < -0.4 is 30.8 Å². The van der Waals surface area contributed by atoms with Crippen LogP contribution in [0.25, 0.3) is 16.6 Å². The van der Waals surface area contributed by atoms with Crippen molar-refractivity contribution < 1.29 is 27.8 Å². The Balaban J connectivity index is 1.29. The maximum absolute atomic E-state index is 15.1. The number of nitrogens with one attached hydrogen (secondary N) is 1. The Kier molecular flexibility index (Phi) is 6.46. The van der Waals surface area contributed by atoms with Gasteiger partial charge in [0.2, 0.25) is 0 Å². The number of pyridine rings is 2. The minimum absolute atomic E-state index is 0.0942. The van der Waals surface area contributed by atoms with Crippen molar-refractivity contribution in [1.82, 2.24) is 9.55 Å². The van der Waals surface area contributed by atoms with Gasteiger partial charge in [0.1, 0.15) is 28.6 Å². The van der Waals surface area contributed by atoms with Crippen molar-refractivity contribution in [2.75, 3.05) is 24.8 Å². The number of hydrogen-bond acceptors (Lipinski definition) is 7. The molecule has 0 radical (unpaired) electrons. The number of hydrogen-bond donors (Lipinski definition) is 2. The van der Waals surface area contributed by atoms with Crippen LogP contribution in [0.5, 0.6) is 23.0 Å². The molecule has 6 rings (SSSR count). The highest BCUT2D eigenvalue weighted by molar-refractivity contribution is 6.06. The van der Waals surface area contributed by atoms with Crippen molar-refractivity contribution in [1.29, 1.82) is 0 Å². The number of carbonyl (C=O) groups excluding carboxylic acids is 1. The van der Waals surface area contributed by atoms with Gasteiger partial charge in [0.15, 0.2) is 11.6 Å². The molecule has 9 nitrogen and oxygen atoms in total. The van der Waals surface area contributed by atoms with Crippen LogP contribution in [0, 0.1) is 11.6 Å². The maximum atomic E-state index is 15.1. The average molecular weight is 557 g/mol. The summed E-state index contributed by atoms with van der Waals surface area (Å²) >= 11 is 0. The average Bonchev–Trinajstić information content (AvgIpc) is 3.42. The fourth-order valence-corrected chi connectivity index (χ4v) is 4.66. The molecular weight excluding hydrogens is 534 g/mol. The summed E-state index contributed by atoms with van der Waals surface area (Å²) in [5.74, 6) is -1.15. The Morgan fingerprint density at radius 1 is 1.05 bits per heavy atom. The number of benzene rings is 3. The summed E-state index contributed by atoms with van der Waals surface area (Å²) in [7, 11) is 1.49. The highest BCUT2D eigenvalue weighted by Gasteiger charge is 2.27. The third kappa shape index (κ3) is 4.78. The first-order valence-corrected chi connectivity index (χ1v) is 12.5. The summed E-state index contributed by atoms with van der Waals surface area (Å²) in [6.45, 7) is 0.297. The SMILES string of the molecule is COc1cc2nccc(Oc3ccc(NC(=O)c4c5c(cn(-c6ccc(F)cc6)c4=O)CCO5)cc3F)c2cc1N. The number of aromatic nitrogens is 2. The van der Waals surface area contributed by atoms with E-state index >= 15 is 4.39 Å². The van der Waals surface area contributed by atoms with Crippen LogP contribution in [0.2, 0.25) is 0 Å². The van der Waals surface area contributed by atoms with E-state index in [9.17, 15) is 14.0 Å². The van der Waals surface area contributed by atoms with Crippen LogP contribution in [0.15, 0.2) is 77.9 Å². The molecule has 206 valence electrons. The minimum Gasteiger partial charge on any atom is -0.495 e. The Labute approximate surface area is 231 Å². The van der Waals surface area contributed by atoms with Gasteiger partial charge in [-0.1, -0.05) is 0 Å². The molecule has 0 aliphatic carbocycles. The quantitative estimate of drug-likeness (QED) is 0.275. The normalized spacial score (nSPS) is 12.1. The smallest absolute Gasteiger partial charge is 0.271 e. The Hall–Kier alpha value is -5.45. The van der Waals surface area contributed by atoms with Gasteiger partial charge in [-0.15, -0.1) is 0 Å². The summed E-state index contributed by atoms with van der Waals surface area (Å²) in [6, 6.07) is 14.0. The van der Waals surface area contributed by atoms with E-state index in [-0.39, 0.29) is 22.7 Å². The molecule has 41 heavy (non-hydrogen) atoms. The summed E-state index contributed by atoms with van der Waals surface area (Å²) in [6.07, 6.45) is 3.58. The van der Waals surface area contributed by atoms with Gasteiger partial charge in [-0.05, 0) is 48.5 Å². The molecular formula is C30H22F2N4O5. The van der Waals surface area contributed by atoms with Crippen LogP contribution in [0.3, 0.4) is 0 Å². The molecule has 1 aliphatic rings. The fraction of sp³-hybridized carbons (Fsp3) is 0.100. The number of carbonyl (C=O) groups is 1. The van der Waals surface area contributed by atoms with Crippen molar-refractivity contribution in [2.45, 2.75) is 6.42 Å². The Bertz CT molecular complexity index is 1890. The van der Waals surface area contributed by atoms with Gasteiger partial charge in [-0.2, -0.15) is 0 Å². The Morgan fingerprint density at radius 3 is 2.61 bits per heavy atom. The summed E-state index contributed by atoms with van der Waals surface area (Å²) in [5, 5.41) is 3.12. The van der Waals surface area contributed by atoms with Crippen molar-refractivity contribution in [2.24, 2.45) is 0 Å². The first-order chi connectivity index (χ1) is 19.8. The molecule has 3 aromatic carbocycles. The monoisotopic (exact) mass is 556 g/mol. The molecule has 1 aliphatic heterocycles. The predicted octanol–water partition coefficient (Wildman–Crippen LogP) is 5.23. The molecule has 3 N–H and O–H groups in total. The highest BCUT2D eigenvalue weighted by atomic mass is 19.1. The van der Waals surface area contributed by atoms with Crippen molar-refractivity contribution in [3.63, 3.8) is 0 Å². The third-order valence-electron chi connectivity index (χ3n) is 6.65. The standard InChI is InChI=1S/C30H22F2N4O5/c1-39-26-14-23-20(13-22(26)33)24(8-10-34-23)41-25-7-4-18(12-21(25)32)35-29(37)27-28-16(9-11-40-28)15-36(30(27)38)19-5-2-17(31)3-6-19/h2-8,10,12-15H,9,11,33H2,1H3,(H,35,37). The summed E-state index contributed by atoms with van der Waals surface area (Å²) in [4.78, 5) is 30.9. The van der Waals surface area contributed by atoms with Crippen LogP contribution in [-0.2, 0) is 6.42 Å². The van der Waals surface area contributed by atoms with Crippen LogP contribution in [-0.4, -0.2) is 29.2 Å². The highest BCUT2D eigenvalue weighted by Crippen LogP contribution is 2.36. The van der Waals surface area contributed by atoms with Crippen molar-refractivity contribution >= 4 is 28.2 Å². The first-order valence-electron chi connectivity index (χ1n) is 12.5. The van der Waals surface area contributed by atoms with Gasteiger partial charge in [-0.25, -0.2) is 8.78 Å². The lowest BCUT2D eigenvalue weighted by molar-refractivity contribution is 0.102. The van der Waals surface area contributed by atoms with Gasteiger partial charge in [-0.3, -0.25) is 19.1 Å². The summed E-state index contributed by atoms with van der Waals surface area (Å²) < 4.78 is 46.5. The van der Waals surface area contributed by atoms with E-state index in [2.05, 4.69) is 10.3 Å². The first kappa shape index (κ1) is 25.8. The topological polar surface area (TPSA) is 118 Å². The molecule has 2 aromatic heterocycles. The second-order valence-electron chi connectivity index (χ2n) is 9.23. The zero-order chi connectivity index (χ0) is 28.7. The van der Waals surface area contributed by atoms with Crippen LogP contribution >= 0.6 is 0 Å². The fourth-order valence-electron chi connectivity index (χ4n) is 4.66. The van der Waals surface area contributed by atoms with E-state index in [0.717, 1.165) is 6.07 Å². The minimum atomic E-state index is -0.776. The molecule has 0 fully saturated rings. The molecule has 0 atom stereocenters. The molecule has 11 heteroatoms. The number of fused-ring (bicyclic) bond motifs is 2. The molecule has 0 saturated carbocycles. The molecule has 0 spiro atoms. The lowest BCUT2D eigenvalue weighted by atomic mass is 10.1. The van der Waals surface area contributed by atoms with Crippen LogP contribution in [0.1, 0.15) is 15.9 Å². The van der Waals surface area contributed by atoms with E-state index in [4.69, 9.17) is 19.9 Å². The molecule has 0 unspecified atom stereocenters. The Morgan fingerprint density at radius 2 is 1.85 bits per heavy atom. The number of nitrogens with zero attached hydrogens (tertiary/aromatic N) is 2. The van der Waals surface area contributed by atoms with E-state index in [1.54, 1.807) is 24.4 Å². The van der Waals surface area contributed by atoms with E-state index in [1.165, 1.54) is 54.3 Å². The molecule has 3 heterocycles. The predicted molar refractivity (Wildman–Crippen MR) is 148 cm³/mol. The van der Waals surface area contributed by atoms with Crippen LogP contribution in [0.4, 0.5) is 20.2 Å². The zero-order valence-corrected chi connectivity index (χ0v) is 21.6. The zero-order valence-electron chi connectivity index (χ0n) is 21.6. The van der Waals surface area contributed by atoms with Gasteiger partial charge in [0.25, 0.3) is 11.5 Å². The van der Waals surface area contributed by atoms with Gasteiger partial charge >= 0.3 is 0 Å². The third-order valence-corrected chi connectivity index (χ3v) is 6.65. The largest absolute Gasteiger partial charge is 0.495 e. The van der Waals surface area contributed by atoms with Crippen molar-refractivity contribution in [3.8, 4) is 28.7 Å². The maximum Gasteiger partial charge on any atom is 0.271 e.